The first kappa shape index (κ1) is 18.5. The monoisotopic (exact) mass is 341 g/mol. The van der Waals surface area contributed by atoms with Crippen LogP contribution in [-0.2, 0) is 4.79 Å². The molecule has 6 heteroatoms. The molecule has 1 aromatic carbocycles. The lowest BCUT2D eigenvalue weighted by Crippen LogP contribution is -2.33. The fourth-order valence-corrected chi connectivity index (χ4v) is 2.34. The van der Waals surface area contributed by atoms with E-state index in [1.807, 2.05) is 31.1 Å². The molecule has 0 radical (unpaired) electrons. The third-order valence-corrected chi connectivity index (χ3v) is 3.79. The summed E-state index contributed by atoms with van der Waals surface area (Å²) in [6.45, 7) is 0.444. The van der Waals surface area contributed by atoms with E-state index in [0.29, 0.717) is 12.1 Å². The smallest absolute Gasteiger partial charge is 0.251 e. The molecule has 2 aromatic rings. The Morgan fingerprint density at radius 3 is 2.48 bits per heavy atom. The summed E-state index contributed by atoms with van der Waals surface area (Å²) in [6, 6.07) is 10.7. The van der Waals surface area contributed by atoms with E-state index < -0.39 is 0 Å². The normalized spacial score (nSPS) is 12.3. The van der Waals surface area contributed by atoms with E-state index in [1.54, 1.807) is 43.7 Å². The molecule has 0 aliphatic carbocycles. The van der Waals surface area contributed by atoms with E-state index in [2.05, 4.69) is 10.6 Å². The highest BCUT2D eigenvalue weighted by Gasteiger charge is 2.17. The van der Waals surface area contributed by atoms with Crippen molar-refractivity contribution in [2.24, 2.45) is 0 Å². The summed E-state index contributed by atoms with van der Waals surface area (Å²) in [4.78, 5) is 25.5. The van der Waals surface area contributed by atoms with Crippen LogP contribution in [0.5, 0.6) is 0 Å². The average molecular weight is 341 g/mol. The van der Waals surface area contributed by atoms with Crippen molar-refractivity contribution in [3.8, 4) is 0 Å². The van der Waals surface area contributed by atoms with Crippen LogP contribution in [0, 0.1) is 0 Å². The number of carbonyl (C=O) groups excluding carboxylic acids is 2. The summed E-state index contributed by atoms with van der Waals surface area (Å²) in [5.41, 5.74) is 1.43. The van der Waals surface area contributed by atoms with Crippen molar-refractivity contribution >= 4 is 17.9 Å². The Morgan fingerprint density at radius 1 is 1.20 bits per heavy atom. The van der Waals surface area contributed by atoms with E-state index in [9.17, 15) is 9.59 Å². The zero-order valence-corrected chi connectivity index (χ0v) is 14.7. The highest BCUT2D eigenvalue weighted by atomic mass is 16.3. The molecule has 0 saturated carbocycles. The van der Waals surface area contributed by atoms with Gasteiger partial charge in [-0.25, -0.2) is 0 Å². The number of hydrogen-bond acceptors (Lipinski definition) is 4. The number of nitrogens with one attached hydrogen (secondary N) is 2. The Hall–Kier alpha value is -2.86. The van der Waals surface area contributed by atoms with Gasteiger partial charge in [0, 0.05) is 25.2 Å². The van der Waals surface area contributed by atoms with Crippen LogP contribution in [0.2, 0.25) is 0 Å². The van der Waals surface area contributed by atoms with Crippen LogP contribution in [0.25, 0.3) is 6.08 Å². The lowest BCUT2D eigenvalue weighted by atomic mass is 10.1. The topological polar surface area (TPSA) is 74.6 Å². The lowest BCUT2D eigenvalue weighted by molar-refractivity contribution is -0.116. The number of hydrogen-bond donors (Lipinski definition) is 2. The van der Waals surface area contributed by atoms with Crippen LogP contribution >= 0.6 is 0 Å². The minimum Gasteiger partial charge on any atom is -0.468 e. The second-order valence-electron chi connectivity index (χ2n) is 5.77. The highest BCUT2D eigenvalue weighted by Crippen LogP contribution is 2.17. The minimum absolute atomic E-state index is 0.0285. The van der Waals surface area contributed by atoms with E-state index in [-0.39, 0.29) is 17.9 Å². The Balaban J connectivity index is 1.91. The van der Waals surface area contributed by atoms with Gasteiger partial charge in [-0.2, -0.15) is 0 Å². The maximum Gasteiger partial charge on any atom is 0.251 e. The Morgan fingerprint density at radius 2 is 1.92 bits per heavy atom. The van der Waals surface area contributed by atoms with Gasteiger partial charge in [0.2, 0.25) is 5.91 Å². The molecule has 2 rings (SSSR count). The lowest BCUT2D eigenvalue weighted by Gasteiger charge is -2.22. The number of furan rings is 1. The van der Waals surface area contributed by atoms with Crippen molar-refractivity contribution in [3.63, 3.8) is 0 Å². The number of rotatable bonds is 7. The number of nitrogens with zero attached hydrogens (tertiary/aromatic N) is 1. The van der Waals surface area contributed by atoms with Crippen molar-refractivity contribution in [1.29, 1.82) is 0 Å². The van der Waals surface area contributed by atoms with Gasteiger partial charge in [0.05, 0.1) is 12.3 Å². The SMILES string of the molecule is CNC(=O)c1ccc(/C=C\C(=O)NC[C@@H](c2ccco2)N(C)C)cc1. The fourth-order valence-electron chi connectivity index (χ4n) is 2.34. The molecule has 0 saturated heterocycles. The van der Waals surface area contributed by atoms with Crippen molar-refractivity contribution in [2.75, 3.05) is 27.7 Å². The average Bonchev–Trinajstić information content (AvgIpc) is 3.14. The third kappa shape index (κ3) is 5.32. The van der Waals surface area contributed by atoms with Crippen molar-refractivity contribution < 1.29 is 14.0 Å². The standard InChI is InChI=1S/C19H23N3O3/c1-20-19(24)15-9-6-14(7-10-15)8-11-18(23)21-13-16(22(2)3)17-5-4-12-25-17/h4-12,16H,13H2,1-3H3,(H,20,24)(H,21,23)/b11-8-/t16-/m0/s1. The summed E-state index contributed by atoms with van der Waals surface area (Å²) in [7, 11) is 5.45. The van der Waals surface area contributed by atoms with Crippen LogP contribution in [0.1, 0.15) is 27.7 Å². The van der Waals surface area contributed by atoms with Crippen LogP contribution < -0.4 is 10.6 Å². The molecular weight excluding hydrogens is 318 g/mol. The summed E-state index contributed by atoms with van der Waals surface area (Å²) in [6.07, 6.45) is 4.81. The first-order valence-electron chi connectivity index (χ1n) is 7.99. The molecule has 2 amide bonds. The molecule has 1 aromatic heterocycles. The van der Waals surface area contributed by atoms with Crippen LogP contribution in [0.4, 0.5) is 0 Å². The summed E-state index contributed by atoms with van der Waals surface area (Å²) >= 11 is 0. The van der Waals surface area contributed by atoms with Gasteiger partial charge in [-0.05, 0) is 50.0 Å². The number of amides is 2. The third-order valence-electron chi connectivity index (χ3n) is 3.79. The molecule has 0 spiro atoms. The van der Waals surface area contributed by atoms with Gasteiger partial charge < -0.3 is 15.1 Å². The molecule has 132 valence electrons. The highest BCUT2D eigenvalue weighted by molar-refractivity contribution is 5.94. The Bertz CT molecular complexity index is 719. The fraction of sp³-hybridized carbons (Fsp3) is 0.263. The predicted molar refractivity (Wildman–Crippen MR) is 97.0 cm³/mol. The molecule has 2 N–H and O–H groups in total. The molecule has 25 heavy (non-hydrogen) atoms. The Kier molecular flexibility index (Phi) is 6.54. The van der Waals surface area contributed by atoms with E-state index in [0.717, 1.165) is 11.3 Å². The molecule has 1 heterocycles. The molecular formula is C19H23N3O3. The second kappa shape index (κ2) is 8.84. The second-order valence-corrected chi connectivity index (χ2v) is 5.77. The maximum absolute atomic E-state index is 12.0. The molecule has 1 atom stereocenters. The molecule has 0 aliphatic rings. The number of carbonyl (C=O) groups is 2. The summed E-state index contributed by atoms with van der Waals surface area (Å²) in [5, 5.41) is 5.44. The van der Waals surface area contributed by atoms with E-state index in [1.165, 1.54) is 6.08 Å². The van der Waals surface area contributed by atoms with Crippen molar-refractivity contribution in [2.45, 2.75) is 6.04 Å². The maximum atomic E-state index is 12.0. The number of benzene rings is 1. The molecule has 0 bridgehead atoms. The van der Waals surface area contributed by atoms with Gasteiger partial charge in [-0.3, -0.25) is 14.5 Å². The van der Waals surface area contributed by atoms with Gasteiger partial charge in [-0.1, -0.05) is 12.1 Å². The zero-order chi connectivity index (χ0) is 18.2. The first-order chi connectivity index (χ1) is 12.0. The summed E-state index contributed by atoms with van der Waals surface area (Å²) < 4.78 is 5.41. The molecule has 6 nitrogen and oxygen atoms in total. The molecule has 0 unspecified atom stereocenters. The van der Waals surface area contributed by atoms with Crippen molar-refractivity contribution in [1.82, 2.24) is 15.5 Å². The molecule has 0 aliphatic heterocycles. The number of likely N-dealkylation sites (N-methyl/N-ethyl adjacent to an activating group) is 1. The summed E-state index contributed by atoms with van der Waals surface area (Å²) in [5.74, 6) is 0.480. The van der Waals surface area contributed by atoms with Gasteiger partial charge in [-0.15, -0.1) is 0 Å². The van der Waals surface area contributed by atoms with Crippen LogP contribution in [0.3, 0.4) is 0 Å². The first-order valence-corrected chi connectivity index (χ1v) is 7.99. The van der Waals surface area contributed by atoms with E-state index >= 15 is 0 Å². The van der Waals surface area contributed by atoms with E-state index in [4.69, 9.17) is 4.42 Å². The van der Waals surface area contributed by atoms with Gasteiger partial charge in [0.15, 0.2) is 0 Å². The predicted octanol–water partition coefficient (Wildman–Crippen LogP) is 2.07. The van der Waals surface area contributed by atoms with Gasteiger partial charge >= 0.3 is 0 Å². The van der Waals surface area contributed by atoms with Crippen LogP contribution in [0.15, 0.2) is 53.2 Å². The quantitative estimate of drug-likeness (QED) is 0.756. The van der Waals surface area contributed by atoms with Gasteiger partial charge in [0.1, 0.15) is 5.76 Å². The van der Waals surface area contributed by atoms with Gasteiger partial charge in [0.25, 0.3) is 5.91 Å². The zero-order valence-electron chi connectivity index (χ0n) is 14.7. The largest absolute Gasteiger partial charge is 0.468 e. The Labute approximate surface area is 147 Å². The molecule has 0 fully saturated rings. The van der Waals surface area contributed by atoms with Crippen molar-refractivity contribution in [3.05, 3.63) is 65.6 Å². The minimum atomic E-state index is -0.186. The van der Waals surface area contributed by atoms with Crippen LogP contribution in [-0.4, -0.2) is 44.4 Å².